The van der Waals surface area contributed by atoms with Gasteiger partial charge in [0.25, 0.3) is 0 Å². The molecular formula is C13H24O4. The third kappa shape index (κ3) is 9.85. The van der Waals surface area contributed by atoms with E-state index in [1.807, 2.05) is 6.92 Å². The molecule has 0 aliphatic carbocycles. The second kappa shape index (κ2) is 10.1. The summed E-state index contributed by atoms with van der Waals surface area (Å²) < 4.78 is 9.81. The summed E-state index contributed by atoms with van der Waals surface area (Å²) in [7, 11) is 0. The summed E-state index contributed by atoms with van der Waals surface area (Å²) in [6.07, 6.45) is 3.43. The van der Waals surface area contributed by atoms with E-state index in [4.69, 9.17) is 9.47 Å². The molecule has 0 aliphatic heterocycles. The number of hydrogen-bond donors (Lipinski definition) is 0. The highest BCUT2D eigenvalue weighted by atomic mass is 16.6. The van der Waals surface area contributed by atoms with Crippen molar-refractivity contribution in [1.82, 2.24) is 0 Å². The first-order valence-corrected chi connectivity index (χ1v) is 6.41. The molecule has 1 atom stereocenters. The van der Waals surface area contributed by atoms with Crippen molar-refractivity contribution in [3.63, 3.8) is 0 Å². The standard InChI is InChI=1S/C13H24O4/c1-4-6-8-16-12(14)10-13(15)17-9-7-11(3)5-2/h11H,4-10H2,1-3H3. The van der Waals surface area contributed by atoms with Crippen LogP contribution in [0.3, 0.4) is 0 Å². The van der Waals surface area contributed by atoms with Gasteiger partial charge in [-0.3, -0.25) is 9.59 Å². The summed E-state index contributed by atoms with van der Waals surface area (Å²) in [5.41, 5.74) is 0. The van der Waals surface area contributed by atoms with Gasteiger partial charge in [-0.2, -0.15) is 0 Å². The number of esters is 2. The molecule has 0 spiro atoms. The van der Waals surface area contributed by atoms with Crippen molar-refractivity contribution in [2.75, 3.05) is 13.2 Å². The zero-order chi connectivity index (χ0) is 13.1. The smallest absolute Gasteiger partial charge is 0.317 e. The maximum absolute atomic E-state index is 11.2. The number of carbonyl (C=O) groups is 2. The van der Waals surface area contributed by atoms with E-state index in [-0.39, 0.29) is 6.42 Å². The lowest BCUT2D eigenvalue weighted by Gasteiger charge is -2.08. The molecule has 100 valence electrons. The fraction of sp³-hybridized carbons (Fsp3) is 0.846. The molecule has 0 aliphatic rings. The molecule has 0 aromatic heterocycles. The second-order valence-corrected chi connectivity index (χ2v) is 4.27. The van der Waals surface area contributed by atoms with Crippen LogP contribution in [0.25, 0.3) is 0 Å². The first-order valence-electron chi connectivity index (χ1n) is 6.41. The van der Waals surface area contributed by atoms with Crippen LogP contribution < -0.4 is 0 Å². The maximum Gasteiger partial charge on any atom is 0.317 e. The van der Waals surface area contributed by atoms with Gasteiger partial charge in [0.05, 0.1) is 13.2 Å². The molecule has 0 radical (unpaired) electrons. The van der Waals surface area contributed by atoms with Crippen LogP contribution in [0.4, 0.5) is 0 Å². The van der Waals surface area contributed by atoms with Gasteiger partial charge >= 0.3 is 11.9 Å². The van der Waals surface area contributed by atoms with Gasteiger partial charge < -0.3 is 9.47 Å². The van der Waals surface area contributed by atoms with E-state index in [0.29, 0.717) is 19.1 Å². The van der Waals surface area contributed by atoms with E-state index >= 15 is 0 Å². The molecule has 0 aromatic rings. The monoisotopic (exact) mass is 244 g/mol. The third-order valence-corrected chi connectivity index (χ3v) is 2.62. The van der Waals surface area contributed by atoms with Crippen LogP contribution in [-0.4, -0.2) is 25.2 Å². The molecule has 17 heavy (non-hydrogen) atoms. The molecule has 0 amide bonds. The Bertz CT molecular complexity index is 225. The molecule has 4 nitrogen and oxygen atoms in total. The van der Waals surface area contributed by atoms with Gasteiger partial charge in [-0.25, -0.2) is 0 Å². The zero-order valence-corrected chi connectivity index (χ0v) is 11.2. The SMILES string of the molecule is CCCCOC(=O)CC(=O)OCCC(C)CC. The number of hydrogen-bond acceptors (Lipinski definition) is 4. The molecule has 0 bridgehead atoms. The van der Waals surface area contributed by atoms with Crippen LogP contribution in [0.1, 0.15) is 52.9 Å². The molecule has 4 heteroatoms. The lowest BCUT2D eigenvalue weighted by molar-refractivity contribution is -0.154. The quantitative estimate of drug-likeness (QED) is 0.355. The summed E-state index contributed by atoms with van der Waals surface area (Å²) >= 11 is 0. The summed E-state index contributed by atoms with van der Waals surface area (Å²) in [5.74, 6) is -0.443. The number of ether oxygens (including phenoxy) is 2. The Morgan fingerprint density at radius 1 is 1.06 bits per heavy atom. The fourth-order valence-corrected chi connectivity index (χ4v) is 1.13. The fourth-order valence-electron chi connectivity index (χ4n) is 1.13. The summed E-state index contributed by atoms with van der Waals surface area (Å²) in [6.45, 7) is 6.98. The van der Waals surface area contributed by atoms with Crippen molar-refractivity contribution >= 4 is 11.9 Å². The van der Waals surface area contributed by atoms with E-state index in [0.717, 1.165) is 25.7 Å². The van der Waals surface area contributed by atoms with Crippen molar-refractivity contribution in [3.8, 4) is 0 Å². The minimum atomic E-state index is -0.494. The minimum Gasteiger partial charge on any atom is -0.465 e. The highest BCUT2D eigenvalue weighted by Gasteiger charge is 2.12. The van der Waals surface area contributed by atoms with Gasteiger partial charge in [0.2, 0.25) is 0 Å². The van der Waals surface area contributed by atoms with Gasteiger partial charge in [0, 0.05) is 0 Å². The normalized spacial score (nSPS) is 11.9. The minimum absolute atomic E-state index is 0.274. The average molecular weight is 244 g/mol. The van der Waals surface area contributed by atoms with E-state index in [2.05, 4.69) is 13.8 Å². The van der Waals surface area contributed by atoms with Gasteiger partial charge in [0.15, 0.2) is 0 Å². The van der Waals surface area contributed by atoms with Gasteiger partial charge in [-0.05, 0) is 18.8 Å². The topological polar surface area (TPSA) is 52.6 Å². The summed E-state index contributed by atoms with van der Waals surface area (Å²) in [5, 5.41) is 0. The second-order valence-electron chi connectivity index (χ2n) is 4.27. The van der Waals surface area contributed by atoms with Crippen LogP contribution in [0.15, 0.2) is 0 Å². The zero-order valence-electron chi connectivity index (χ0n) is 11.2. The molecular weight excluding hydrogens is 220 g/mol. The number of carbonyl (C=O) groups excluding carboxylic acids is 2. The van der Waals surface area contributed by atoms with Crippen molar-refractivity contribution in [2.24, 2.45) is 5.92 Å². The summed E-state index contributed by atoms with van der Waals surface area (Å²) in [4.78, 5) is 22.4. The van der Waals surface area contributed by atoms with E-state index in [1.165, 1.54) is 0 Å². The van der Waals surface area contributed by atoms with E-state index in [9.17, 15) is 9.59 Å². The molecule has 1 unspecified atom stereocenters. The van der Waals surface area contributed by atoms with Crippen molar-refractivity contribution in [3.05, 3.63) is 0 Å². The molecule has 0 heterocycles. The largest absolute Gasteiger partial charge is 0.465 e. The van der Waals surface area contributed by atoms with Crippen LogP contribution >= 0.6 is 0 Å². The Kier molecular flexibility index (Phi) is 9.49. The molecule has 0 aromatic carbocycles. The molecule has 0 rings (SSSR count). The lowest BCUT2D eigenvalue weighted by Crippen LogP contribution is -2.15. The van der Waals surface area contributed by atoms with E-state index < -0.39 is 11.9 Å². The van der Waals surface area contributed by atoms with E-state index in [1.54, 1.807) is 0 Å². The molecule has 0 saturated heterocycles. The highest BCUT2D eigenvalue weighted by Crippen LogP contribution is 2.06. The van der Waals surface area contributed by atoms with Crippen molar-refractivity contribution < 1.29 is 19.1 Å². The van der Waals surface area contributed by atoms with Crippen molar-refractivity contribution in [2.45, 2.75) is 52.9 Å². The number of unbranched alkanes of at least 4 members (excludes halogenated alkanes) is 1. The van der Waals surface area contributed by atoms with Gasteiger partial charge in [-0.15, -0.1) is 0 Å². The first kappa shape index (κ1) is 15.9. The average Bonchev–Trinajstić information content (AvgIpc) is 2.29. The van der Waals surface area contributed by atoms with Crippen LogP contribution in [0.2, 0.25) is 0 Å². The lowest BCUT2D eigenvalue weighted by atomic mass is 10.1. The summed E-state index contributed by atoms with van der Waals surface area (Å²) in [6, 6.07) is 0. The molecule has 0 N–H and O–H groups in total. The van der Waals surface area contributed by atoms with Gasteiger partial charge in [0.1, 0.15) is 6.42 Å². The molecule has 0 saturated carbocycles. The third-order valence-electron chi connectivity index (χ3n) is 2.62. The Morgan fingerprint density at radius 3 is 2.18 bits per heavy atom. The Hall–Kier alpha value is -1.06. The van der Waals surface area contributed by atoms with Crippen molar-refractivity contribution in [1.29, 1.82) is 0 Å². The van der Waals surface area contributed by atoms with Gasteiger partial charge in [-0.1, -0.05) is 33.6 Å². The predicted octanol–water partition coefficient (Wildman–Crippen LogP) is 2.70. The van der Waals surface area contributed by atoms with Crippen LogP contribution in [0.5, 0.6) is 0 Å². The molecule has 0 fully saturated rings. The van der Waals surface area contributed by atoms with Crippen LogP contribution in [-0.2, 0) is 19.1 Å². The Labute approximate surface area is 104 Å². The predicted molar refractivity (Wildman–Crippen MR) is 65.5 cm³/mol. The first-order chi connectivity index (χ1) is 8.10. The van der Waals surface area contributed by atoms with Crippen LogP contribution in [0, 0.1) is 5.92 Å². The maximum atomic E-state index is 11.2. The number of rotatable bonds is 9. The highest BCUT2D eigenvalue weighted by molar-refractivity contribution is 5.91. The Balaban J connectivity index is 3.54. The Morgan fingerprint density at radius 2 is 1.65 bits per heavy atom.